The number of nitrogens with one attached hydrogen (secondary N) is 1. The predicted molar refractivity (Wildman–Crippen MR) is 133 cm³/mol. The lowest BCUT2D eigenvalue weighted by Gasteiger charge is -2.31. The van der Waals surface area contributed by atoms with Gasteiger partial charge in [-0.05, 0) is 36.4 Å². The first-order chi connectivity index (χ1) is 16.6. The molecule has 0 aliphatic carbocycles. The van der Waals surface area contributed by atoms with E-state index in [-0.39, 0.29) is 12.0 Å². The molecule has 0 spiro atoms. The molecular formula is C26H27N5O3. The van der Waals surface area contributed by atoms with Gasteiger partial charge in [-0.15, -0.1) is 0 Å². The number of nitrogens with zero attached hydrogens (tertiary/aromatic N) is 4. The maximum Gasteiger partial charge on any atom is 0.245 e. The molecule has 0 atom stereocenters. The predicted octanol–water partition coefficient (Wildman–Crippen LogP) is 4.43. The van der Waals surface area contributed by atoms with Gasteiger partial charge in [-0.1, -0.05) is 6.58 Å². The molecule has 3 heterocycles. The average molecular weight is 458 g/mol. The molecule has 2 aromatic carbocycles. The molecule has 4 aromatic rings. The largest absolute Gasteiger partial charge is 0.493 e. The highest BCUT2D eigenvalue weighted by atomic mass is 16.5. The number of carbonyl (C=O) groups excluding carboxylic acids is 1. The van der Waals surface area contributed by atoms with Gasteiger partial charge in [0.05, 0.1) is 12.6 Å². The Hall–Kier alpha value is -4.07. The third-order valence-corrected chi connectivity index (χ3v) is 6.29. The molecule has 1 amide bonds. The van der Waals surface area contributed by atoms with Crippen LogP contribution in [0.25, 0.3) is 21.8 Å². The van der Waals surface area contributed by atoms with Crippen LogP contribution in [0.15, 0.2) is 61.6 Å². The van der Waals surface area contributed by atoms with E-state index in [2.05, 4.69) is 44.6 Å². The SMILES string of the molecule is C=CC(=O)N1CCC(Oc2cc3c(Nc4ccc5c(ccn5C)c4)ncnc3cc2OC)CC1. The number of aromatic nitrogens is 3. The van der Waals surface area contributed by atoms with Gasteiger partial charge in [-0.25, -0.2) is 9.97 Å². The normalized spacial score (nSPS) is 14.4. The van der Waals surface area contributed by atoms with Gasteiger partial charge in [0, 0.05) is 67.2 Å². The highest BCUT2D eigenvalue weighted by Crippen LogP contribution is 2.36. The molecule has 0 saturated carbocycles. The van der Waals surface area contributed by atoms with Crippen molar-refractivity contribution >= 4 is 39.2 Å². The number of likely N-dealkylation sites (tertiary alicyclic amines) is 1. The van der Waals surface area contributed by atoms with Crippen molar-refractivity contribution in [3.63, 3.8) is 0 Å². The number of carbonyl (C=O) groups is 1. The number of hydrogen-bond acceptors (Lipinski definition) is 6. The fourth-order valence-corrected chi connectivity index (χ4v) is 4.41. The van der Waals surface area contributed by atoms with E-state index in [1.165, 1.54) is 17.9 Å². The molecule has 1 N–H and O–H groups in total. The minimum absolute atomic E-state index is 0.0123. The first-order valence-corrected chi connectivity index (χ1v) is 11.3. The Labute approximate surface area is 197 Å². The van der Waals surface area contributed by atoms with Crippen LogP contribution in [0.5, 0.6) is 11.5 Å². The van der Waals surface area contributed by atoms with E-state index >= 15 is 0 Å². The van der Waals surface area contributed by atoms with Crippen LogP contribution in [0, 0.1) is 0 Å². The Morgan fingerprint density at radius 2 is 1.97 bits per heavy atom. The van der Waals surface area contributed by atoms with Crippen LogP contribution in [0.2, 0.25) is 0 Å². The van der Waals surface area contributed by atoms with Gasteiger partial charge in [0.15, 0.2) is 11.5 Å². The van der Waals surface area contributed by atoms with Crippen molar-refractivity contribution in [3.05, 3.63) is 61.6 Å². The lowest BCUT2D eigenvalue weighted by molar-refractivity contribution is -0.127. The summed E-state index contributed by atoms with van der Waals surface area (Å²) in [6, 6.07) is 12.1. The second-order valence-corrected chi connectivity index (χ2v) is 8.41. The quantitative estimate of drug-likeness (QED) is 0.432. The Morgan fingerprint density at radius 3 is 2.74 bits per heavy atom. The Balaban J connectivity index is 1.42. The summed E-state index contributed by atoms with van der Waals surface area (Å²) in [6.07, 6.45) is 6.42. The second kappa shape index (κ2) is 9.05. The molecule has 5 rings (SSSR count). The van der Waals surface area contributed by atoms with Gasteiger partial charge < -0.3 is 24.3 Å². The lowest BCUT2D eigenvalue weighted by Crippen LogP contribution is -2.41. The first kappa shape index (κ1) is 21.8. The molecule has 174 valence electrons. The number of hydrogen-bond donors (Lipinski definition) is 1. The van der Waals surface area contributed by atoms with Crippen molar-refractivity contribution in [1.82, 2.24) is 19.4 Å². The molecule has 34 heavy (non-hydrogen) atoms. The van der Waals surface area contributed by atoms with E-state index in [4.69, 9.17) is 9.47 Å². The fraction of sp³-hybridized carbons (Fsp3) is 0.269. The maximum absolute atomic E-state index is 11.9. The van der Waals surface area contributed by atoms with Crippen molar-refractivity contribution in [1.29, 1.82) is 0 Å². The highest BCUT2D eigenvalue weighted by Gasteiger charge is 2.24. The summed E-state index contributed by atoms with van der Waals surface area (Å²) >= 11 is 0. The third kappa shape index (κ3) is 4.14. The number of amides is 1. The smallest absolute Gasteiger partial charge is 0.245 e. The molecular weight excluding hydrogens is 430 g/mol. The summed E-state index contributed by atoms with van der Waals surface area (Å²) in [6.45, 7) is 4.85. The molecule has 2 aromatic heterocycles. The number of rotatable bonds is 6. The van der Waals surface area contributed by atoms with Crippen LogP contribution < -0.4 is 14.8 Å². The van der Waals surface area contributed by atoms with Crippen molar-refractivity contribution in [2.45, 2.75) is 18.9 Å². The van der Waals surface area contributed by atoms with Crippen LogP contribution in [0.3, 0.4) is 0 Å². The van der Waals surface area contributed by atoms with Crippen LogP contribution in [-0.4, -0.2) is 51.6 Å². The van der Waals surface area contributed by atoms with Gasteiger partial charge >= 0.3 is 0 Å². The van der Waals surface area contributed by atoms with E-state index in [9.17, 15) is 4.79 Å². The van der Waals surface area contributed by atoms with E-state index in [0.29, 0.717) is 30.4 Å². The summed E-state index contributed by atoms with van der Waals surface area (Å²) < 4.78 is 14.0. The zero-order valence-corrected chi connectivity index (χ0v) is 19.3. The van der Waals surface area contributed by atoms with Crippen LogP contribution >= 0.6 is 0 Å². The number of aryl methyl sites for hydroxylation is 1. The Morgan fingerprint density at radius 1 is 1.15 bits per heavy atom. The van der Waals surface area contributed by atoms with Gasteiger partial charge in [0.1, 0.15) is 18.2 Å². The van der Waals surface area contributed by atoms with Crippen molar-refractivity contribution in [2.24, 2.45) is 7.05 Å². The van der Waals surface area contributed by atoms with Crippen molar-refractivity contribution in [3.8, 4) is 11.5 Å². The standard InChI is InChI=1S/C26H27N5O3/c1-4-25(32)31-11-8-19(9-12-31)34-24-14-20-21(15-23(24)33-3)27-16-28-26(20)29-18-5-6-22-17(13-18)7-10-30(22)2/h4-7,10,13-16,19H,1,8-9,11-12H2,2-3H3,(H,27,28,29). The minimum atomic E-state index is -0.0386. The van der Waals surface area contributed by atoms with E-state index < -0.39 is 0 Å². The molecule has 8 heteroatoms. The summed E-state index contributed by atoms with van der Waals surface area (Å²) in [5, 5.41) is 5.42. The number of benzene rings is 2. The van der Waals surface area contributed by atoms with E-state index in [0.717, 1.165) is 34.8 Å². The first-order valence-electron chi connectivity index (χ1n) is 11.3. The van der Waals surface area contributed by atoms with E-state index in [1.54, 1.807) is 12.0 Å². The molecule has 1 fully saturated rings. The van der Waals surface area contributed by atoms with Crippen molar-refractivity contribution in [2.75, 3.05) is 25.5 Å². The molecule has 0 bridgehead atoms. The van der Waals surface area contributed by atoms with Crippen LogP contribution in [0.1, 0.15) is 12.8 Å². The van der Waals surface area contributed by atoms with Gasteiger partial charge in [-0.3, -0.25) is 4.79 Å². The summed E-state index contributed by atoms with van der Waals surface area (Å²) in [5.41, 5.74) is 2.87. The zero-order chi connectivity index (χ0) is 23.7. The highest BCUT2D eigenvalue weighted by molar-refractivity contribution is 5.94. The second-order valence-electron chi connectivity index (χ2n) is 8.41. The average Bonchev–Trinajstić information content (AvgIpc) is 3.24. The summed E-state index contributed by atoms with van der Waals surface area (Å²) in [4.78, 5) is 22.6. The minimum Gasteiger partial charge on any atom is -0.493 e. The van der Waals surface area contributed by atoms with Gasteiger partial charge in [0.2, 0.25) is 5.91 Å². The molecule has 0 unspecified atom stereocenters. The van der Waals surface area contributed by atoms with Gasteiger partial charge in [0.25, 0.3) is 0 Å². The van der Waals surface area contributed by atoms with E-state index in [1.807, 2.05) is 31.4 Å². The summed E-state index contributed by atoms with van der Waals surface area (Å²) in [5.74, 6) is 1.91. The molecule has 1 aliphatic rings. The fourth-order valence-electron chi connectivity index (χ4n) is 4.41. The molecule has 8 nitrogen and oxygen atoms in total. The Bertz CT molecular complexity index is 1370. The number of anilines is 2. The number of ether oxygens (including phenoxy) is 2. The number of fused-ring (bicyclic) bond motifs is 2. The van der Waals surface area contributed by atoms with Crippen LogP contribution in [-0.2, 0) is 11.8 Å². The van der Waals surface area contributed by atoms with Crippen molar-refractivity contribution < 1.29 is 14.3 Å². The van der Waals surface area contributed by atoms with Gasteiger partial charge in [-0.2, -0.15) is 0 Å². The zero-order valence-electron chi connectivity index (χ0n) is 19.3. The Kier molecular flexibility index (Phi) is 5.79. The van der Waals surface area contributed by atoms with Crippen LogP contribution in [0.4, 0.5) is 11.5 Å². The summed E-state index contributed by atoms with van der Waals surface area (Å²) in [7, 11) is 3.65. The lowest BCUT2D eigenvalue weighted by atomic mass is 10.1. The molecule has 1 saturated heterocycles. The molecule has 1 aliphatic heterocycles. The number of methoxy groups -OCH3 is 1. The monoisotopic (exact) mass is 457 g/mol. The number of piperidine rings is 1. The molecule has 0 radical (unpaired) electrons. The maximum atomic E-state index is 11.9. The third-order valence-electron chi connectivity index (χ3n) is 6.29. The topological polar surface area (TPSA) is 81.5 Å².